The highest BCUT2D eigenvalue weighted by Crippen LogP contribution is 2.26. The molecular weight excluding hydrogens is 336 g/mol. The molecule has 27 heavy (non-hydrogen) atoms. The normalized spacial score (nSPS) is 11.1. The molecular formula is C22H20N4O. The predicted molar refractivity (Wildman–Crippen MR) is 106 cm³/mol. The Morgan fingerprint density at radius 1 is 0.963 bits per heavy atom. The third-order valence-electron chi connectivity index (χ3n) is 4.52. The fourth-order valence-corrected chi connectivity index (χ4v) is 3.32. The van der Waals surface area contributed by atoms with Crippen LogP contribution in [-0.4, -0.2) is 20.5 Å². The Hall–Kier alpha value is -3.47. The minimum Gasteiger partial charge on any atom is -0.324 e. The van der Waals surface area contributed by atoms with Crippen molar-refractivity contribution in [2.24, 2.45) is 0 Å². The highest BCUT2D eigenvalue weighted by molar-refractivity contribution is 5.98. The number of amides is 1. The molecule has 5 nitrogen and oxygen atoms in total. The summed E-state index contributed by atoms with van der Waals surface area (Å²) in [5.41, 5.74) is 4.37. The van der Waals surface area contributed by atoms with Crippen molar-refractivity contribution < 1.29 is 4.79 Å². The van der Waals surface area contributed by atoms with E-state index in [-0.39, 0.29) is 11.8 Å². The second-order valence-corrected chi connectivity index (χ2v) is 6.58. The van der Waals surface area contributed by atoms with E-state index in [4.69, 9.17) is 0 Å². The zero-order valence-electron chi connectivity index (χ0n) is 15.3. The van der Waals surface area contributed by atoms with Crippen LogP contribution in [0.15, 0.2) is 72.9 Å². The monoisotopic (exact) mass is 356 g/mol. The summed E-state index contributed by atoms with van der Waals surface area (Å²) < 4.78 is 1.71. The van der Waals surface area contributed by atoms with Gasteiger partial charge in [-0.05, 0) is 36.6 Å². The Kier molecular flexibility index (Phi) is 4.42. The first-order valence-electron chi connectivity index (χ1n) is 8.86. The van der Waals surface area contributed by atoms with E-state index < -0.39 is 0 Å². The number of nitrogens with zero attached hydrogens (tertiary/aromatic N) is 3. The number of aromatic nitrogens is 3. The molecule has 0 saturated carbocycles. The van der Waals surface area contributed by atoms with Crippen LogP contribution in [0.3, 0.4) is 0 Å². The van der Waals surface area contributed by atoms with Crippen LogP contribution in [0, 0.1) is 13.8 Å². The van der Waals surface area contributed by atoms with Gasteiger partial charge in [-0.2, -0.15) is 5.10 Å². The molecule has 0 fully saturated rings. The van der Waals surface area contributed by atoms with Crippen molar-refractivity contribution in [1.29, 1.82) is 0 Å². The lowest BCUT2D eigenvalue weighted by Crippen LogP contribution is -2.22. The first-order valence-corrected chi connectivity index (χ1v) is 8.86. The lowest BCUT2D eigenvalue weighted by Gasteiger charge is -2.18. The lowest BCUT2D eigenvalue weighted by molar-refractivity contribution is -0.116. The molecule has 2 aromatic carbocycles. The number of pyridine rings is 1. The van der Waals surface area contributed by atoms with Crippen molar-refractivity contribution in [3.8, 4) is 0 Å². The molecule has 0 unspecified atom stereocenters. The summed E-state index contributed by atoms with van der Waals surface area (Å²) in [5, 5.41) is 7.41. The molecule has 0 aliphatic carbocycles. The Morgan fingerprint density at radius 2 is 1.56 bits per heavy atom. The molecule has 0 radical (unpaired) electrons. The van der Waals surface area contributed by atoms with E-state index in [0.717, 1.165) is 22.3 Å². The Morgan fingerprint density at radius 3 is 2.15 bits per heavy atom. The summed E-state index contributed by atoms with van der Waals surface area (Å²) in [6.07, 6.45) is 1.80. The summed E-state index contributed by atoms with van der Waals surface area (Å²) in [6, 6.07) is 21.5. The average molecular weight is 356 g/mol. The lowest BCUT2D eigenvalue weighted by atomic mass is 9.90. The fraction of sp³-hybridized carbons (Fsp3) is 0.136. The van der Waals surface area contributed by atoms with Gasteiger partial charge < -0.3 is 5.32 Å². The van der Waals surface area contributed by atoms with Gasteiger partial charge in [0, 0.05) is 0 Å². The first-order chi connectivity index (χ1) is 13.1. The van der Waals surface area contributed by atoms with Gasteiger partial charge in [0.1, 0.15) is 5.82 Å². The number of carbonyl (C=O) groups excluding carboxylic acids is 1. The highest BCUT2D eigenvalue weighted by Gasteiger charge is 2.23. The SMILES string of the molecule is Cc1nc2c(C)cc(NC(=O)C(c3ccccc3)c3ccccc3)cn2n1. The molecule has 4 rings (SSSR count). The fourth-order valence-electron chi connectivity index (χ4n) is 3.32. The van der Waals surface area contributed by atoms with Crippen molar-refractivity contribution in [1.82, 2.24) is 14.6 Å². The number of nitrogens with one attached hydrogen (secondary N) is 1. The van der Waals surface area contributed by atoms with E-state index in [1.165, 1.54) is 0 Å². The zero-order valence-corrected chi connectivity index (χ0v) is 15.3. The van der Waals surface area contributed by atoms with Gasteiger partial charge in [0.05, 0.1) is 17.8 Å². The van der Waals surface area contributed by atoms with E-state index in [0.29, 0.717) is 11.5 Å². The first kappa shape index (κ1) is 17.0. The van der Waals surface area contributed by atoms with E-state index >= 15 is 0 Å². The van der Waals surface area contributed by atoms with Gasteiger partial charge in [0.2, 0.25) is 5.91 Å². The third-order valence-corrected chi connectivity index (χ3v) is 4.52. The maximum absolute atomic E-state index is 13.2. The Labute approximate surface area is 157 Å². The van der Waals surface area contributed by atoms with Crippen molar-refractivity contribution >= 4 is 17.2 Å². The molecule has 0 aliphatic heterocycles. The zero-order chi connectivity index (χ0) is 18.8. The van der Waals surface area contributed by atoms with Gasteiger partial charge in [-0.3, -0.25) is 4.79 Å². The Balaban J connectivity index is 1.70. The summed E-state index contributed by atoms with van der Waals surface area (Å²) in [4.78, 5) is 17.6. The molecule has 2 heterocycles. The van der Waals surface area contributed by atoms with Gasteiger partial charge >= 0.3 is 0 Å². The van der Waals surface area contributed by atoms with Crippen LogP contribution in [0.2, 0.25) is 0 Å². The minimum absolute atomic E-state index is 0.0806. The number of aryl methyl sites for hydroxylation is 2. The van der Waals surface area contributed by atoms with E-state index in [1.54, 1.807) is 10.7 Å². The molecule has 4 aromatic rings. The topological polar surface area (TPSA) is 59.3 Å². The molecule has 0 spiro atoms. The largest absolute Gasteiger partial charge is 0.324 e. The number of hydrogen-bond acceptors (Lipinski definition) is 3. The van der Waals surface area contributed by atoms with Gasteiger partial charge in [0.25, 0.3) is 0 Å². The quantitative estimate of drug-likeness (QED) is 0.598. The smallest absolute Gasteiger partial charge is 0.236 e. The van der Waals surface area contributed by atoms with Crippen LogP contribution in [-0.2, 0) is 4.79 Å². The Bertz CT molecular complexity index is 1050. The molecule has 1 N–H and O–H groups in total. The van der Waals surface area contributed by atoms with Crippen molar-refractivity contribution in [3.63, 3.8) is 0 Å². The van der Waals surface area contributed by atoms with Crippen LogP contribution in [0.5, 0.6) is 0 Å². The predicted octanol–water partition coefficient (Wildman–Crippen LogP) is 4.12. The molecule has 0 saturated heterocycles. The molecule has 0 atom stereocenters. The summed E-state index contributed by atoms with van der Waals surface area (Å²) in [6.45, 7) is 3.82. The van der Waals surface area contributed by atoms with E-state index in [9.17, 15) is 4.79 Å². The van der Waals surface area contributed by atoms with Crippen LogP contribution in [0.4, 0.5) is 5.69 Å². The van der Waals surface area contributed by atoms with Crippen LogP contribution in [0.25, 0.3) is 5.65 Å². The van der Waals surface area contributed by atoms with Crippen LogP contribution >= 0.6 is 0 Å². The molecule has 134 valence electrons. The van der Waals surface area contributed by atoms with Crippen molar-refractivity contribution in [2.75, 3.05) is 5.32 Å². The molecule has 0 bridgehead atoms. The van der Waals surface area contributed by atoms with E-state index in [2.05, 4.69) is 15.4 Å². The minimum atomic E-state index is -0.388. The summed E-state index contributed by atoms with van der Waals surface area (Å²) >= 11 is 0. The maximum Gasteiger partial charge on any atom is 0.236 e. The number of benzene rings is 2. The van der Waals surface area contributed by atoms with Crippen molar-refractivity contribution in [3.05, 3.63) is 95.4 Å². The highest BCUT2D eigenvalue weighted by atomic mass is 16.1. The molecule has 5 heteroatoms. The van der Waals surface area contributed by atoms with Gasteiger partial charge in [0.15, 0.2) is 5.65 Å². The van der Waals surface area contributed by atoms with Crippen molar-refractivity contribution in [2.45, 2.75) is 19.8 Å². The van der Waals surface area contributed by atoms with Gasteiger partial charge in [-0.15, -0.1) is 0 Å². The maximum atomic E-state index is 13.2. The summed E-state index contributed by atoms with van der Waals surface area (Å²) in [7, 11) is 0. The van der Waals surface area contributed by atoms with Gasteiger partial charge in [-0.25, -0.2) is 9.50 Å². The van der Waals surface area contributed by atoms with Gasteiger partial charge in [-0.1, -0.05) is 60.7 Å². The van der Waals surface area contributed by atoms with Crippen LogP contribution in [0.1, 0.15) is 28.4 Å². The standard InChI is InChI=1S/C22H20N4O/c1-15-13-19(14-26-21(15)23-16(2)25-26)24-22(27)20(17-9-5-3-6-10-17)18-11-7-4-8-12-18/h3-14,20H,1-2H3,(H,24,27). The number of hydrogen-bond donors (Lipinski definition) is 1. The molecule has 0 aliphatic rings. The third kappa shape index (κ3) is 3.44. The second kappa shape index (κ2) is 7.03. The number of anilines is 1. The number of carbonyl (C=O) groups is 1. The summed E-state index contributed by atoms with van der Waals surface area (Å²) in [5.74, 6) is 0.233. The molecule has 1 amide bonds. The van der Waals surface area contributed by atoms with Crippen LogP contribution < -0.4 is 5.32 Å². The number of rotatable bonds is 4. The number of fused-ring (bicyclic) bond motifs is 1. The average Bonchev–Trinajstić information content (AvgIpc) is 3.04. The van der Waals surface area contributed by atoms with E-state index in [1.807, 2.05) is 80.6 Å². The second-order valence-electron chi connectivity index (χ2n) is 6.58. The molecule has 2 aromatic heterocycles.